The van der Waals surface area contributed by atoms with Crippen LogP contribution < -0.4 is 5.73 Å². The molecule has 2 aromatic rings. The fraction of sp³-hybridized carbons (Fsp3) is 0. The number of halogens is 1. The van der Waals surface area contributed by atoms with Crippen LogP contribution in [0.15, 0.2) is 21.0 Å². The Kier molecular flexibility index (Phi) is 2.08. The maximum absolute atomic E-state index is 10.7. The number of rotatable bonds is 1. The van der Waals surface area contributed by atoms with Gasteiger partial charge in [-0.3, -0.25) is 0 Å². The Balaban J connectivity index is 2.88. The van der Waals surface area contributed by atoms with Crippen LogP contribution in [0.4, 0.5) is 5.69 Å². The molecule has 0 aliphatic carbocycles. The van der Waals surface area contributed by atoms with Gasteiger partial charge in [0.1, 0.15) is 0 Å². The second-order valence-corrected chi connectivity index (χ2v) is 3.87. The lowest BCUT2D eigenvalue weighted by atomic mass is 10.2. The van der Waals surface area contributed by atoms with Crippen LogP contribution in [0.5, 0.6) is 5.75 Å². The van der Waals surface area contributed by atoms with Crippen LogP contribution in [0, 0.1) is 0 Å². The Labute approximate surface area is 92.2 Å². The van der Waals surface area contributed by atoms with E-state index in [4.69, 9.17) is 15.3 Å². The first-order valence-corrected chi connectivity index (χ1v) is 4.73. The maximum atomic E-state index is 10.7. The second-order valence-electron chi connectivity index (χ2n) is 2.95. The number of phenols is 1. The monoisotopic (exact) mass is 271 g/mol. The van der Waals surface area contributed by atoms with Gasteiger partial charge in [0.15, 0.2) is 11.3 Å². The van der Waals surface area contributed by atoms with E-state index in [1.54, 1.807) is 6.07 Å². The molecule has 0 fully saturated rings. The number of carbonyl (C=O) groups is 1. The summed E-state index contributed by atoms with van der Waals surface area (Å²) >= 11 is 3.16. The Morgan fingerprint density at radius 3 is 2.73 bits per heavy atom. The largest absolute Gasteiger partial charge is 0.504 e. The van der Waals surface area contributed by atoms with Gasteiger partial charge in [0.25, 0.3) is 0 Å². The molecule has 0 unspecified atom stereocenters. The predicted molar refractivity (Wildman–Crippen MR) is 57.0 cm³/mol. The molecule has 15 heavy (non-hydrogen) atoms. The van der Waals surface area contributed by atoms with Crippen molar-refractivity contribution in [3.8, 4) is 5.75 Å². The Bertz CT molecular complexity index is 561. The molecule has 0 spiro atoms. The van der Waals surface area contributed by atoms with Crippen LogP contribution in [0.1, 0.15) is 10.6 Å². The van der Waals surface area contributed by atoms with Crippen molar-refractivity contribution in [2.75, 3.05) is 5.73 Å². The van der Waals surface area contributed by atoms with Gasteiger partial charge < -0.3 is 20.4 Å². The average molecular weight is 272 g/mol. The molecule has 0 bridgehead atoms. The predicted octanol–water partition coefficient (Wildman–Crippen LogP) is 2.18. The lowest BCUT2D eigenvalue weighted by Gasteiger charge is -1.94. The molecular weight excluding hydrogens is 266 g/mol. The lowest BCUT2D eigenvalue weighted by Crippen LogP contribution is -1.98. The van der Waals surface area contributed by atoms with Gasteiger partial charge in [-0.1, -0.05) is 15.9 Å². The highest BCUT2D eigenvalue weighted by atomic mass is 79.9. The fourth-order valence-electron chi connectivity index (χ4n) is 1.32. The van der Waals surface area contributed by atoms with Crippen molar-refractivity contribution in [1.82, 2.24) is 0 Å². The van der Waals surface area contributed by atoms with Gasteiger partial charge in [-0.2, -0.15) is 0 Å². The minimum atomic E-state index is -1.26. The average Bonchev–Trinajstić information content (AvgIpc) is 2.44. The number of carboxylic acid groups (broad SMARTS) is 1. The number of nitrogen functional groups attached to an aromatic ring is 1. The summed E-state index contributed by atoms with van der Waals surface area (Å²) in [5.41, 5.74) is 5.66. The number of aromatic hydroxyl groups is 1. The quantitative estimate of drug-likeness (QED) is 0.739. The normalized spacial score (nSPS) is 10.7. The summed E-state index contributed by atoms with van der Waals surface area (Å²) in [5.74, 6) is -1.78. The van der Waals surface area contributed by atoms with Gasteiger partial charge in [0, 0.05) is 9.86 Å². The zero-order valence-electron chi connectivity index (χ0n) is 7.32. The molecule has 0 radical (unpaired) electrons. The molecule has 0 saturated heterocycles. The third-order valence-electron chi connectivity index (χ3n) is 1.97. The smallest absolute Gasteiger partial charge is 0.374 e. The standard InChI is InChI=1S/C9H6BrNO4/c10-3-1-4-6(11)8(9(13)14)15-7(4)5(12)2-3/h1-2,12H,11H2,(H,13,14). The molecule has 0 aliphatic rings. The number of hydrogen-bond acceptors (Lipinski definition) is 4. The first kappa shape index (κ1) is 9.85. The molecule has 0 saturated carbocycles. The Hall–Kier alpha value is -1.69. The van der Waals surface area contributed by atoms with Crippen molar-refractivity contribution in [3.63, 3.8) is 0 Å². The molecule has 78 valence electrons. The van der Waals surface area contributed by atoms with Crippen molar-refractivity contribution in [2.45, 2.75) is 0 Å². The molecule has 4 N–H and O–H groups in total. The van der Waals surface area contributed by atoms with Crippen LogP contribution in [-0.4, -0.2) is 16.2 Å². The molecule has 1 heterocycles. The molecule has 1 aromatic heterocycles. The molecule has 0 aliphatic heterocycles. The molecule has 6 heteroatoms. The van der Waals surface area contributed by atoms with E-state index in [9.17, 15) is 9.90 Å². The lowest BCUT2D eigenvalue weighted by molar-refractivity contribution is 0.0666. The van der Waals surface area contributed by atoms with E-state index in [1.807, 2.05) is 0 Å². The first-order chi connectivity index (χ1) is 7.00. The summed E-state index contributed by atoms with van der Waals surface area (Å²) in [4.78, 5) is 10.7. The number of phenolic OH excluding ortho intramolecular Hbond substituents is 1. The van der Waals surface area contributed by atoms with E-state index in [1.165, 1.54) is 6.07 Å². The zero-order chi connectivity index (χ0) is 11.2. The van der Waals surface area contributed by atoms with Crippen molar-refractivity contribution in [2.24, 2.45) is 0 Å². The summed E-state index contributed by atoms with van der Waals surface area (Å²) in [6, 6.07) is 2.98. The van der Waals surface area contributed by atoms with Gasteiger partial charge in [-0.05, 0) is 12.1 Å². The zero-order valence-corrected chi connectivity index (χ0v) is 8.91. The number of aromatic carboxylic acids is 1. The van der Waals surface area contributed by atoms with Crippen molar-refractivity contribution in [3.05, 3.63) is 22.4 Å². The molecule has 2 rings (SSSR count). The summed E-state index contributed by atoms with van der Waals surface area (Å²) in [5, 5.41) is 18.6. The third-order valence-corrected chi connectivity index (χ3v) is 2.43. The third kappa shape index (κ3) is 1.42. The molecule has 1 aromatic carbocycles. The van der Waals surface area contributed by atoms with Crippen LogP contribution in [0.3, 0.4) is 0 Å². The highest BCUT2D eigenvalue weighted by Gasteiger charge is 2.19. The molecular formula is C9H6BrNO4. The van der Waals surface area contributed by atoms with Gasteiger partial charge in [-0.25, -0.2) is 4.79 Å². The van der Waals surface area contributed by atoms with Crippen LogP contribution in [0.25, 0.3) is 11.0 Å². The highest BCUT2D eigenvalue weighted by Crippen LogP contribution is 2.36. The van der Waals surface area contributed by atoms with Crippen molar-refractivity contribution < 1.29 is 19.4 Å². The Morgan fingerprint density at radius 2 is 2.13 bits per heavy atom. The number of anilines is 1. The summed E-state index contributed by atoms with van der Waals surface area (Å²) in [7, 11) is 0. The van der Waals surface area contributed by atoms with Gasteiger partial charge in [-0.15, -0.1) is 0 Å². The number of furan rings is 1. The Morgan fingerprint density at radius 1 is 1.47 bits per heavy atom. The van der Waals surface area contributed by atoms with E-state index >= 15 is 0 Å². The topological polar surface area (TPSA) is 96.7 Å². The number of carboxylic acids is 1. The summed E-state index contributed by atoms with van der Waals surface area (Å²) < 4.78 is 5.55. The van der Waals surface area contributed by atoms with E-state index in [2.05, 4.69) is 15.9 Å². The molecule has 0 atom stereocenters. The molecule has 0 amide bonds. The number of hydrogen-bond donors (Lipinski definition) is 3. The number of nitrogens with two attached hydrogens (primary N) is 1. The summed E-state index contributed by atoms with van der Waals surface area (Å²) in [6.45, 7) is 0. The SMILES string of the molecule is Nc1c(C(=O)O)oc2c(O)cc(Br)cc12. The van der Waals surface area contributed by atoms with Crippen LogP contribution >= 0.6 is 15.9 Å². The van der Waals surface area contributed by atoms with Gasteiger partial charge >= 0.3 is 5.97 Å². The second kappa shape index (κ2) is 3.16. The van der Waals surface area contributed by atoms with Gasteiger partial charge in [0.05, 0.1) is 5.69 Å². The fourth-order valence-corrected chi connectivity index (χ4v) is 1.77. The van der Waals surface area contributed by atoms with E-state index in [-0.39, 0.29) is 22.8 Å². The first-order valence-electron chi connectivity index (χ1n) is 3.94. The van der Waals surface area contributed by atoms with E-state index < -0.39 is 5.97 Å². The molecule has 5 nitrogen and oxygen atoms in total. The maximum Gasteiger partial charge on any atom is 0.374 e. The van der Waals surface area contributed by atoms with Gasteiger partial charge in [0.2, 0.25) is 5.76 Å². The van der Waals surface area contributed by atoms with E-state index in [0.29, 0.717) is 9.86 Å². The number of benzene rings is 1. The minimum absolute atomic E-state index is 0.00843. The van der Waals surface area contributed by atoms with E-state index in [0.717, 1.165) is 0 Å². The highest BCUT2D eigenvalue weighted by molar-refractivity contribution is 9.10. The van der Waals surface area contributed by atoms with Crippen molar-refractivity contribution in [1.29, 1.82) is 0 Å². The van der Waals surface area contributed by atoms with Crippen LogP contribution in [0.2, 0.25) is 0 Å². The summed E-state index contributed by atoms with van der Waals surface area (Å²) in [6.07, 6.45) is 0. The minimum Gasteiger partial charge on any atom is -0.504 e. The number of fused-ring (bicyclic) bond motifs is 1. The van der Waals surface area contributed by atoms with Crippen LogP contribution in [-0.2, 0) is 0 Å². The van der Waals surface area contributed by atoms with Crippen molar-refractivity contribution >= 4 is 38.6 Å².